The number of hydrogen-bond acceptors (Lipinski definition) is 2. The molecule has 0 bridgehead atoms. The van der Waals surface area contributed by atoms with Crippen LogP contribution >= 0.6 is 0 Å². The Balaban J connectivity index is 1.60. The molecule has 0 spiro atoms. The van der Waals surface area contributed by atoms with Gasteiger partial charge in [-0.1, -0.05) is 19.9 Å². The number of anilines is 2. The van der Waals surface area contributed by atoms with Gasteiger partial charge in [-0.25, -0.2) is 9.59 Å². The summed E-state index contributed by atoms with van der Waals surface area (Å²) in [6, 6.07) is 7.37. The first-order valence-electron chi connectivity index (χ1n) is 9.26. The monoisotopic (exact) mass is 344 g/mol. The quantitative estimate of drug-likeness (QED) is 0.881. The number of nitrogens with one attached hydrogen (secondary N) is 2. The molecule has 4 amide bonds. The molecule has 3 rings (SSSR count). The molecule has 2 aliphatic heterocycles. The molecule has 2 aliphatic rings. The molecule has 1 aromatic carbocycles. The summed E-state index contributed by atoms with van der Waals surface area (Å²) >= 11 is 0. The zero-order valence-electron chi connectivity index (χ0n) is 15.1. The highest BCUT2D eigenvalue weighted by molar-refractivity contribution is 5.94. The van der Waals surface area contributed by atoms with Gasteiger partial charge in [0.1, 0.15) is 0 Å². The molecule has 2 fully saturated rings. The Hall–Kier alpha value is -2.24. The fourth-order valence-corrected chi connectivity index (χ4v) is 3.60. The standard InChI is InChI=1S/C19H28N4O2/c1-14(2)15-7-11-22(12-8-15)19(25)21-16-5-3-6-17(13-16)23-10-4-9-20-18(23)24/h3,5-6,13-15H,4,7-12H2,1-2H3,(H,20,24)(H,21,25). The van der Waals surface area contributed by atoms with Crippen molar-refractivity contribution in [3.05, 3.63) is 24.3 Å². The van der Waals surface area contributed by atoms with Gasteiger partial charge in [-0.3, -0.25) is 4.90 Å². The summed E-state index contributed by atoms with van der Waals surface area (Å²) in [6.45, 7) is 7.54. The number of likely N-dealkylation sites (tertiary alicyclic amines) is 1. The average Bonchev–Trinajstić information content (AvgIpc) is 2.62. The third kappa shape index (κ3) is 4.24. The Labute approximate surface area is 149 Å². The molecule has 0 saturated carbocycles. The van der Waals surface area contributed by atoms with E-state index in [0.29, 0.717) is 18.4 Å². The Bertz CT molecular complexity index is 624. The largest absolute Gasteiger partial charge is 0.338 e. The van der Waals surface area contributed by atoms with Gasteiger partial charge in [0.2, 0.25) is 0 Å². The van der Waals surface area contributed by atoms with Crippen LogP contribution in [-0.2, 0) is 0 Å². The maximum Gasteiger partial charge on any atom is 0.321 e. The molecule has 0 atom stereocenters. The van der Waals surface area contributed by atoms with Crippen LogP contribution in [0.15, 0.2) is 24.3 Å². The Morgan fingerprint density at radius 3 is 2.68 bits per heavy atom. The van der Waals surface area contributed by atoms with Gasteiger partial charge in [0.25, 0.3) is 0 Å². The van der Waals surface area contributed by atoms with E-state index < -0.39 is 0 Å². The first-order chi connectivity index (χ1) is 12.0. The van der Waals surface area contributed by atoms with Crippen LogP contribution < -0.4 is 15.5 Å². The summed E-state index contributed by atoms with van der Waals surface area (Å²) in [7, 11) is 0. The van der Waals surface area contributed by atoms with Gasteiger partial charge in [-0.2, -0.15) is 0 Å². The second kappa shape index (κ2) is 7.76. The van der Waals surface area contributed by atoms with Crippen molar-refractivity contribution < 1.29 is 9.59 Å². The van der Waals surface area contributed by atoms with Gasteiger partial charge < -0.3 is 15.5 Å². The molecule has 0 unspecified atom stereocenters. The zero-order chi connectivity index (χ0) is 17.8. The number of hydrogen-bond donors (Lipinski definition) is 2. The van der Waals surface area contributed by atoms with Crippen molar-refractivity contribution in [2.45, 2.75) is 33.1 Å². The molecule has 6 nitrogen and oxygen atoms in total. The van der Waals surface area contributed by atoms with Gasteiger partial charge >= 0.3 is 12.1 Å². The highest BCUT2D eigenvalue weighted by Gasteiger charge is 2.25. The van der Waals surface area contributed by atoms with Crippen molar-refractivity contribution >= 4 is 23.4 Å². The summed E-state index contributed by atoms with van der Waals surface area (Å²) in [5.41, 5.74) is 1.54. The lowest BCUT2D eigenvalue weighted by Crippen LogP contribution is -2.46. The molecule has 1 aromatic rings. The van der Waals surface area contributed by atoms with Crippen LogP contribution in [0.5, 0.6) is 0 Å². The molecule has 25 heavy (non-hydrogen) atoms. The molecule has 136 valence electrons. The second-order valence-electron chi connectivity index (χ2n) is 7.29. The third-order valence-electron chi connectivity index (χ3n) is 5.26. The molecule has 6 heteroatoms. The maximum absolute atomic E-state index is 12.5. The van der Waals surface area contributed by atoms with Crippen LogP contribution in [-0.4, -0.2) is 43.1 Å². The summed E-state index contributed by atoms with van der Waals surface area (Å²) < 4.78 is 0. The Morgan fingerprint density at radius 2 is 2.00 bits per heavy atom. The third-order valence-corrected chi connectivity index (χ3v) is 5.26. The predicted octanol–water partition coefficient (Wildman–Crippen LogP) is 3.51. The van der Waals surface area contributed by atoms with Crippen LogP contribution in [0.1, 0.15) is 33.1 Å². The van der Waals surface area contributed by atoms with E-state index >= 15 is 0 Å². The minimum Gasteiger partial charge on any atom is -0.338 e. The number of piperidine rings is 1. The molecule has 2 N–H and O–H groups in total. The maximum atomic E-state index is 12.5. The predicted molar refractivity (Wildman–Crippen MR) is 100.0 cm³/mol. The zero-order valence-corrected chi connectivity index (χ0v) is 15.1. The lowest BCUT2D eigenvalue weighted by molar-refractivity contribution is 0.167. The summed E-state index contributed by atoms with van der Waals surface area (Å²) in [6.07, 6.45) is 3.06. The smallest absolute Gasteiger partial charge is 0.321 e. The Kier molecular flexibility index (Phi) is 5.46. The number of carbonyl (C=O) groups is 2. The topological polar surface area (TPSA) is 64.7 Å². The van der Waals surface area contributed by atoms with Crippen LogP contribution in [0.3, 0.4) is 0 Å². The van der Waals surface area contributed by atoms with Crippen LogP contribution in [0.2, 0.25) is 0 Å². The lowest BCUT2D eigenvalue weighted by Gasteiger charge is -2.34. The first kappa shape index (κ1) is 17.6. The van der Waals surface area contributed by atoms with E-state index in [1.807, 2.05) is 29.2 Å². The summed E-state index contributed by atoms with van der Waals surface area (Å²) in [5, 5.41) is 5.83. The molecule has 2 heterocycles. The molecule has 0 radical (unpaired) electrons. The lowest BCUT2D eigenvalue weighted by atomic mass is 9.87. The summed E-state index contributed by atoms with van der Waals surface area (Å²) in [5.74, 6) is 1.39. The van der Waals surface area contributed by atoms with E-state index in [4.69, 9.17) is 0 Å². The van der Waals surface area contributed by atoms with Crippen molar-refractivity contribution in [3.8, 4) is 0 Å². The molecule has 0 aromatic heterocycles. The van der Waals surface area contributed by atoms with Crippen molar-refractivity contribution in [1.29, 1.82) is 0 Å². The van der Waals surface area contributed by atoms with Gasteiger partial charge in [0, 0.05) is 37.6 Å². The summed E-state index contributed by atoms with van der Waals surface area (Å²) in [4.78, 5) is 28.1. The van der Waals surface area contributed by atoms with Crippen molar-refractivity contribution in [2.75, 3.05) is 36.4 Å². The molecular formula is C19H28N4O2. The van der Waals surface area contributed by atoms with Crippen LogP contribution in [0.25, 0.3) is 0 Å². The van der Waals surface area contributed by atoms with E-state index in [1.54, 1.807) is 4.90 Å². The minimum absolute atomic E-state index is 0.0533. The van der Waals surface area contributed by atoms with Crippen molar-refractivity contribution in [2.24, 2.45) is 11.8 Å². The number of amides is 4. The van der Waals surface area contributed by atoms with E-state index in [0.717, 1.165) is 50.3 Å². The van der Waals surface area contributed by atoms with Gasteiger partial charge in [-0.05, 0) is 49.3 Å². The number of rotatable bonds is 3. The van der Waals surface area contributed by atoms with Crippen molar-refractivity contribution in [3.63, 3.8) is 0 Å². The second-order valence-corrected chi connectivity index (χ2v) is 7.29. The highest BCUT2D eigenvalue weighted by atomic mass is 16.2. The number of carbonyl (C=O) groups excluding carboxylic acids is 2. The van der Waals surface area contributed by atoms with E-state index in [9.17, 15) is 9.59 Å². The van der Waals surface area contributed by atoms with Gasteiger partial charge in [0.15, 0.2) is 0 Å². The first-order valence-corrected chi connectivity index (χ1v) is 9.26. The van der Waals surface area contributed by atoms with Gasteiger partial charge in [-0.15, -0.1) is 0 Å². The number of benzene rings is 1. The fourth-order valence-electron chi connectivity index (χ4n) is 3.60. The van der Waals surface area contributed by atoms with Crippen LogP contribution in [0.4, 0.5) is 21.0 Å². The van der Waals surface area contributed by atoms with E-state index in [-0.39, 0.29) is 12.1 Å². The fraction of sp³-hybridized carbons (Fsp3) is 0.579. The molecular weight excluding hydrogens is 316 g/mol. The Morgan fingerprint density at radius 1 is 1.24 bits per heavy atom. The van der Waals surface area contributed by atoms with Gasteiger partial charge in [0.05, 0.1) is 0 Å². The molecule has 2 saturated heterocycles. The van der Waals surface area contributed by atoms with E-state index in [1.165, 1.54) is 0 Å². The normalized spacial score (nSPS) is 19.1. The number of urea groups is 2. The number of nitrogens with zero attached hydrogens (tertiary/aromatic N) is 2. The van der Waals surface area contributed by atoms with Crippen molar-refractivity contribution in [1.82, 2.24) is 10.2 Å². The van der Waals surface area contributed by atoms with E-state index in [2.05, 4.69) is 24.5 Å². The molecule has 0 aliphatic carbocycles. The SMILES string of the molecule is CC(C)C1CCN(C(=O)Nc2cccc(N3CCCNC3=O)c2)CC1. The average molecular weight is 344 g/mol. The highest BCUT2D eigenvalue weighted by Crippen LogP contribution is 2.25. The minimum atomic E-state index is -0.0783. The van der Waals surface area contributed by atoms with Crippen LogP contribution in [0, 0.1) is 11.8 Å².